The van der Waals surface area contributed by atoms with Crippen LogP contribution in [0, 0.1) is 0 Å². The summed E-state index contributed by atoms with van der Waals surface area (Å²) in [6, 6.07) is 17.2. The Morgan fingerprint density at radius 2 is 2.00 bits per heavy atom. The van der Waals surface area contributed by atoms with Gasteiger partial charge in [0, 0.05) is 36.0 Å². The molecule has 0 saturated carbocycles. The van der Waals surface area contributed by atoms with E-state index < -0.39 is 0 Å². The molecule has 1 atom stereocenters. The smallest absolute Gasteiger partial charge is 0.258 e. The number of allylic oxidation sites excluding steroid dienone is 1. The number of nitrogens with zero attached hydrogens (tertiary/aromatic N) is 3. The lowest BCUT2D eigenvalue weighted by Crippen LogP contribution is -2.46. The van der Waals surface area contributed by atoms with Crippen molar-refractivity contribution in [2.24, 2.45) is 0 Å². The highest BCUT2D eigenvalue weighted by atomic mass is 35.5. The molecule has 1 N–H and O–H groups in total. The van der Waals surface area contributed by atoms with E-state index in [1.807, 2.05) is 68.4 Å². The molecule has 6 nitrogen and oxygen atoms in total. The minimum Gasteiger partial charge on any atom is -0.382 e. The fourth-order valence-electron chi connectivity index (χ4n) is 3.77. The summed E-state index contributed by atoms with van der Waals surface area (Å²) in [6.07, 6.45) is 0.848. The zero-order chi connectivity index (χ0) is 22.5. The van der Waals surface area contributed by atoms with Gasteiger partial charge in [-0.25, -0.2) is 0 Å². The Kier molecular flexibility index (Phi) is 7.19. The number of halogens is 1. The van der Waals surface area contributed by atoms with Crippen molar-refractivity contribution in [2.75, 3.05) is 19.8 Å². The average molecular weight is 469 g/mol. The topological polar surface area (TPSA) is 63.4 Å². The van der Waals surface area contributed by atoms with Crippen molar-refractivity contribution in [2.45, 2.75) is 26.3 Å². The van der Waals surface area contributed by atoms with E-state index in [9.17, 15) is 0 Å². The Morgan fingerprint density at radius 1 is 1.19 bits per heavy atom. The second-order valence-corrected chi connectivity index (χ2v) is 8.25. The second-order valence-electron chi connectivity index (χ2n) is 7.43. The van der Waals surface area contributed by atoms with Gasteiger partial charge in [-0.2, -0.15) is 4.98 Å². The van der Waals surface area contributed by atoms with Crippen LogP contribution in [-0.2, 0) is 4.74 Å². The molecule has 1 aliphatic rings. The minimum atomic E-state index is -0.256. The van der Waals surface area contributed by atoms with Gasteiger partial charge in [0.2, 0.25) is 5.82 Å². The van der Waals surface area contributed by atoms with Gasteiger partial charge < -0.3 is 19.5 Å². The summed E-state index contributed by atoms with van der Waals surface area (Å²) in [5.74, 6) is 0.998. The van der Waals surface area contributed by atoms with Gasteiger partial charge in [0.25, 0.3) is 5.89 Å². The quantitative estimate of drug-likeness (QED) is 0.347. The predicted molar refractivity (Wildman–Crippen MR) is 130 cm³/mol. The van der Waals surface area contributed by atoms with Crippen molar-refractivity contribution in [3.8, 4) is 11.4 Å². The van der Waals surface area contributed by atoms with E-state index in [0.29, 0.717) is 35.1 Å². The van der Waals surface area contributed by atoms with Gasteiger partial charge in [-0.3, -0.25) is 0 Å². The molecule has 32 heavy (non-hydrogen) atoms. The average Bonchev–Trinajstić information content (AvgIpc) is 3.28. The van der Waals surface area contributed by atoms with Crippen LogP contribution in [0.25, 0.3) is 17.0 Å². The van der Waals surface area contributed by atoms with Crippen LogP contribution in [-0.4, -0.2) is 39.9 Å². The van der Waals surface area contributed by atoms with Gasteiger partial charge in [0.1, 0.15) is 0 Å². The van der Waals surface area contributed by atoms with Gasteiger partial charge in [0.05, 0.1) is 11.6 Å². The first-order chi connectivity index (χ1) is 15.6. The molecule has 3 aromatic rings. The molecule has 0 bridgehead atoms. The van der Waals surface area contributed by atoms with Crippen molar-refractivity contribution in [3.05, 3.63) is 76.8 Å². The van der Waals surface area contributed by atoms with E-state index in [0.717, 1.165) is 35.4 Å². The number of hydrogen-bond acceptors (Lipinski definition) is 5. The van der Waals surface area contributed by atoms with Gasteiger partial charge in [-0.05, 0) is 50.2 Å². The molecule has 0 saturated heterocycles. The molecule has 0 fully saturated rings. The largest absolute Gasteiger partial charge is 0.382 e. The van der Waals surface area contributed by atoms with Gasteiger partial charge >= 0.3 is 0 Å². The highest BCUT2D eigenvalue weighted by molar-refractivity contribution is 7.80. The van der Waals surface area contributed by atoms with E-state index in [-0.39, 0.29) is 6.04 Å². The van der Waals surface area contributed by atoms with Gasteiger partial charge in [-0.1, -0.05) is 59.2 Å². The van der Waals surface area contributed by atoms with Crippen molar-refractivity contribution < 1.29 is 9.26 Å². The zero-order valence-electron chi connectivity index (χ0n) is 18.0. The third kappa shape index (κ3) is 4.85. The Bertz CT molecular complexity index is 1120. The maximum Gasteiger partial charge on any atom is 0.258 e. The highest BCUT2D eigenvalue weighted by Crippen LogP contribution is 2.38. The number of rotatable bonds is 8. The molecule has 2 aromatic carbocycles. The Hall–Kier alpha value is -2.74. The number of hydrogen-bond donors (Lipinski definition) is 1. The third-order valence-corrected chi connectivity index (χ3v) is 5.91. The monoisotopic (exact) mass is 468 g/mol. The third-order valence-electron chi connectivity index (χ3n) is 5.34. The first-order valence-corrected chi connectivity index (χ1v) is 11.4. The molecule has 2 heterocycles. The highest BCUT2D eigenvalue weighted by Gasteiger charge is 2.34. The summed E-state index contributed by atoms with van der Waals surface area (Å²) in [5.41, 5.74) is 3.72. The predicted octanol–water partition coefficient (Wildman–Crippen LogP) is 5.48. The lowest BCUT2D eigenvalue weighted by Gasteiger charge is -2.37. The Labute approximate surface area is 198 Å². The molecule has 0 aliphatic carbocycles. The van der Waals surface area contributed by atoms with Gasteiger partial charge in [-0.15, -0.1) is 0 Å². The first-order valence-electron chi connectivity index (χ1n) is 10.6. The van der Waals surface area contributed by atoms with Crippen LogP contribution in [0.3, 0.4) is 0 Å². The fraction of sp³-hybridized carbons (Fsp3) is 0.292. The molecular formula is C24H25ClN4O2S. The lowest BCUT2D eigenvalue weighted by molar-refractivity contribution is 0.141. The summed E-state index contributed by atoms with van der Waals surface area (Å²) in [4.78, 5) is 6.79. The fourth-order valence-corrected chi connectivity index (χ4v) is 4.32. The standard InChI is InChI=1S/C24H25ClN4O2S/c1-3-30-14-8-13-29-16(2)20(21(26-24(29)32)18-11-7-12-19(25)15-18)23-27-22(28-31-23)17-9-5-4-6-10-17/h4-7,9-12,15,21H,3,8,13-14H2,1-2H3,(H,26,32). The van der Waals surface area contributed by atoms with Crippen LogP contribution in [0.2, 0.25) is 5.02 Å². The number of aromatic nitrogens is 2. The molecule has 1 unspecified atom stereocenters. The summed E-state index contributed by atoms with van der Waals surface area (Å²) < 4.78 is 11.3. The van der Waals surface area contributed by atoms with Crippen molar-refractivity contribution in [1.82, 2.24) is 20.4 Å². The molecule has 0 radical (unpaired) electrons. The summed E-state index contributed by atoms with van der Waals surface area (Å²) in [5, 5.41) is 8.98. The van der Waals surface area contributed by atoms with Crippen molar-refractivity contribution >= 4 is 34.5 Å². The summed E-state index contributed by atoms with van der Waals surface area (Å²) in [6.45, 7) is 6.13. The van der Waals surface area contributed by atoms with Crippen LogP contribution in [0.1, 0.15) is 37.8 Å². The van der Waals surface area contributed by atoms with Crippen LogP contribution in [0.15, 0.2) is 64.8 Å². The lowest BCUT2D eigenvalue weighted by atomic mass is 9.94. The second kappa shape index (κ2) is 10.3. The number of benzene rings is 2. The SMILES string of the molecule is CCOCCCN1C(=S)NC(c2cccc(Cl)c2)C(c2nc(-c3ccccc3)no2)=C1C. The first kappa shape index (κ1) is 22.5. The van der Waals surface area contributed by atoms with E-state index in [1.54, 1.807) is 0 Å². The molecule has 1 aromatic heterocycles. The normalized spacial score (nSPS) is 16.4. The van der Waals surface area contributed by atoms with E-state index >= 15 is 0 Å². The van der Waals surface area contributed by atoms with E-state index in [4.69, 9.17) is 38.1 Å². The van der Waals surface area contributed by atoms with Crippen molar-refractivity contribution in [3.63, 3.8) is 0 Å². The molecule has 0 spiro atoms. The molecule has 0 amide bonds. The van der Waals surface area contributed by atoms with Crippen LogP contribution < -0.4 is 5.32 Å². The molecule has 166 valence electrons. The number of ether oxygens (including phenoxy) is 1. The van der Waals surface area contributed by atoms with E-state index in [2.05, 4.69) is 15.4 Å². The molecule has 8 heteroatoms. The minimum absolute atomic E-state index is 0.256. The number of thiocarbonyl (C=S) groups is 1. The number of nitrogens with one attached hydrogen (secondary N) is 1. The summed E-state index contributed by atoms with van der Waals surface area (Å²) in [7, 11) is 0. The summed E-state index contributed by atoms with van der Waals surface area (Å²) >= 11 is 12.0. The van der Waals surface area contributed by atoms with E-state index in [1.165, 1.54) is 0 Å². The van der Waals surface area contributed by atoms with Crippen molar-refractivity contribution in [1.29, 1.82) is 0 Å². The Balaban J connectivity index is 1.74. The van der Waals surface area contributed by atoms with Crippen LogP contribution in [0.5, 0.6) is 0 Å². The zero-order valence-corrected chi connectivity index (χ0v) is 19.6. The maximum absolute atomic E-state index is 6.29. The molecular weight excluding hydrogens is 444 g/mol. The van der Waals surface area contributed by atoms with Gasteiger partial charge in [0.15, 0.2) is 5.11 Å². The van der Waals surface area contributed by atoms with Crippen LogP contribution >= 0.6 is 23.8 Å². The molecule has 4 rings (SSSR count). The van der Waals surface area contributed by atoms with Crippen LogP contribution in [0.4, 0.5) is 0 Å². The molecule has 1 aliphatic heterocycles. The maximum atomic E-state index is 6.29. The Morgan fingerprint density at radius 3 is 2.75 bits per heavy atom.